The van der Waals surface area contributed by atoms with Crippen LogP contribution in [-0.4, -0.2) is 59.2 Å². The molecule has 0 saturated carbocycles. The van der Waals surface area contributed by atoms with Crippen molar-refractivity contribution in [1.29, 1.82) is 0 Å². The van der Waals surface area contributed by atoms with Gasteiger partial charge in [-0.05, 0) is 94.8 Å². The number of hydrogen-bond acceptors (Lipinski definition) is 6. The van der Waals surface area contributed by atoms with Crippen LogP contribution in [-0.2, 0) is 16.0 Å². The lowest BCUT2D eigenvalue weighted by Gasteiger charge is -2.40. The summed E-state index contributed by atoms with van der Waals surface area (Å²) in [4.78, 5) is 55.2. The van der Waals surface area contributed by atoms with Crippen LogP contribution in [0, 0.1) is 36.9 Å². The van der Waals surface area contributed by atoms with Crippen molar-refractivity contribution in [2.24, 2.45) is 17.3 Å². The average molecular weight is 651 g/mol. The molecular formula is C39H55FN2O5. The van der Waals surface area contributed by atoms with Crippen LogP contribution in [0.4, 0.5) is 4.39 Å². The molecule has 1 fully saturated rings. The van der Waals surface area contributed by atoms with Crippen LogP contribution in [0.1, 0.15) is 140 Å². The number of fused-ring (bicyclic) bond motifs is 2. The van der Waals surface area contributed by atoms with E-state index in [1.807, 2.05) is 27.7 Å². The van der Waals surface area contributed by atoms with Crippen molar-refractivity contribution in [2.45, 2.75) is 118 Å². The van der Waals surface area contributed by atoms with Crippen LogP contribution < -0.4 is 0 Å². The van der Waals surface area contributed by atoms with E-state index >= 15 is 0 Å². The molecule has 0 radical (unpaired) electrons. The molecule has 47 heavy (non-hydrogen) atoms. The number of carbonyl (C=O) groups excluding carboxylic acids is 4. The second kappa shape index (κ2) is 16.8. The highest BCUT2D eigenvalue weighted by Gasteiger charge is 2.44. The smallest absolute Gasteiger partial charge is 0.305 e. The molecule has 1 aromatic carbocycles. The highest BCUT2D eigenvalue weighted by Crippen LogP contribution is 2.40. The van der Waals surface area contributed by atoms with Gasteiger partial charge in [0.2, 0.25) is 5.91 Å². The van der Waals surface area contributed by atoms with E-state index in [0.29, 0.717) is 49.8 Å². The number of nitrogens with zero attached hydrogens (tertiary/aromatic N) is 2. The van der Waals surface area contributed by atoms with Gasteiger partial charge < -0.3 is 9.64 Å². The van der Waals surface area contributed by atoms with E-state index in [1.54, 1.807) is 4.57 Å². The number of benzene rings is 1. The van der Waals surface area contributed by atoms with Crippen LogP contribution in [0.3, 0.4) is 0 Å². The summed E-state index contributed by atoms with van der Waals surface area (Å²) in [6.45, 7) is 12.3. The van der Waals surface area contributed by atoms with E-state index in [0.717, 1.165) is 55.7 Å². The minimum atomic E-state index is -0.766. The fraction of sp³-hybridized carbons (Fsp3) is 0.641. The number of ketones is 2. The molecule has 0 bridgehead atoms. The van der Waals surface area contributed by atoms with E-state index < -0.39 is 5.41 Å². The van der Waals surface area contributed by atoms with Crippen molar-refractivity contribution in [3.63, 3.8) is 0 Å². The lowest BCUT2D eigenvalue weighted by molar-refractivity contribution is -0.144. The average Bonchev–Trinajstić information content (AvgIpc) is 3.29. The Kier molecular flexibility index (Phi) is 13.1. The highest BCUT2D eigenvalue weighted by molar-refractivity contribution is 6.04. The second-order valence-electron chi connectivity index (χ2n) is 14.5. The Labute approximate surface area is 280 Å². The van der Waals surface area contributed by atoms with Gasteiger partial charge in [0, 0.05) is 53.2 Å². The normalized spacial score (nSPS) is 18.1. The summed E-state index contributed by atoms with van der Waals surface area (Å²) < 4.78 is 20.5. The Morgan fingerprint density at radius 1 is 0.957 bits per heavy atom. The molecule has 0 amide bonds. The molecule has 0 spiro atoms. The summed E-state index contributed by atoms with van der Waals surface area (Å²) >= 11 is 0. The van der Waals surface area contributed by atoms with Gasteiger partial charge in [0.1, 0.15) is 5.82 Å². The fourth-order valence-corrected chi connectivity index (χ4v) is 7.29. The summed E-state index contributed by atoms with van der Waals surface area (Å²) in [5.74, 6) is -0.454. The molecule has 8 heteroatoms. The SMILES string of the molecule is CCCCCCCCCC(=O)OCCC(C)(C)C(=O)n1c(C)c(C)c2c1C[C@H]1CCN(CCCC(=O)c3ccc(F)cc3)C[C@@H]1C2=O. The molecule has 2 heterocycles. The zero-order valence-corrected chi connectivity index (χ0v) is 29.3. The number of esters is 1. The van der Waals surface area contributed by atoms with E-state index in [-0.39, 0.29) is 47.7 Å². The number of aromatic nitrogens is 1. The standard InChI is InChI=1S/C39H55FN2O5/c1-6-7-8-9-10-11-12-15-35(44)47-24-21-39(4,5)38(46)42-28(3)27(2)36-33(42)25-30-20-23-41(26-32(30)37(36)45)22-13-14-34(43)29-16-18-31(40)19-17-29/h16-19,30,32H,6-15,20-26H2,1-5H3/t30-,32+/m1/s1. The van der Waals surface area contributed by atoms with Gasteiger partial charge in [0.15, 0.2) is 11.6 Å². The van der Waals surface area contributed by atoms with Crippen molar-refractivity contribution in [3.05, 3.63) is 58.2 Å². The van der Waals surface area contributed by atoms with Gasteiger partial charge in [-0.3, -0.25) is 23.7 Å². The number of likely N-dealkylation sites (tertiary alicyclic amines) is 1. The van der Waals surface area contributed by atoms with Crippen molar-refractivity contribution in [2.75, 3.05) is 26.2 Å². The van der Waals surface area contributed by atoms with Crippen LogP contribution in [0.2, 0.25) is 0 Å². The molecule has 1 saturated heterocycles. The summed E-state index contributed by atoms with van der Waals surface area (Å²) in [6.07, 6.45) is 11.4. The lowest BCUT2D eigenvalue weighted by Crippen LogP contribution is -2.47. The number of halogens is 1. The van der Waals surface area contributed by atoms with Gasteiger partial charge in [0.05, 0.1) is 6.61 Å². The Hall–Kier alpha value is -3.13. The van der Waals surface area contributed by atoms with Gasteiger partial charge >= 0.3 is 5.97 Å². The summed E-state index contributed by atoms with van der Waals surface area (Å²) in [6, 6.07) is 5.67. The Balaban J connectivity index is 1.30. The quantitative estimate of drug-likeness (QED) is 0.0973. The molecule has 0 unspecified atom stereocenters. The van der Waals surface area contributed by atoms with E-state index in [1.165, 1.54) is 49.9 Å². The van der Waals surface area contributed by atoms with Crippen LogP contribution >= 0.6 is 0 Å². The van der Waals surface area contributed by atoms with Crippen LogP contribution in [0.5, 0.6) is 0 Å². The van der Waals surface area contributed by atoms with Gasteiger partial charge in [-0.25, -0.2) is 4.39 Å². The number of hydrogen-bond donors (Lipinski definition) is 0. The topological polar surface area (TPSA) is 85.7 Å². The first-order valence-corrected chi connectivity index (χ1v) is 17.9. The molecule has 4 rings (SSSR count). The number of rotatable bonds is 17. The zero-order chi connectivity index (χ0) is 34.1. The molecule has 258 valence electrons. The summed E-state index contributed by atoms with van der Waals surface area (Å²) in [5, 5.41) is 0. The molecule has 1 aliphatic heterocycles. The Morgan fingerprint density at radius 2 is 1.64 bits per heavy atom. The number of ether oxygens (including phenoxy) is 1. The number of piperidine rings is 1. The molecule has 1 aromatic heterocycles. The van der Waals surface area contributed by atoms with Gasteiger partial charge in [-0.15, -0.1) is 0 Å². The third-order valence-corrected chi connectivity index (χ3v) is 10.5. The molecule has 2 aliphatic rings. The first kappa shape index (κ1) is 36.7. The van der Waals surface area contributed by atoms with Gasteiger partial charge in [-0.1, -0.05) is 59.3 Å². The van der Waals surface area contributed by atoms with Crippen molar-refractivity contribution < 1.29 is 28.3 Å². The van der Waals surface area contributed by atoms with Gasteiger partial charge in [0.25, 0.3) is 0 Å². The number of carbonyl (C=O) groups is 4. The number of Topliss-reactive ketones (excluding diaryl/α,β-unsaturated/α-hetero) is 2. The van der Waals surface area contributed by atoms with E-state index in [2.05, 4.69) is 11.8 Å². The maximum atomic E-state index is 14.0. The third-order valence-electron chi connectivity index (χ3n) is 10.5. The minimum absolute atomic E-state index is 0.0000359. The largest absolute Gasteiger partial charge is 0.466 e. The van der Waals surface area contributed by atoms with Gasteiger partial charge in [-0.2, -0.15) is 0 Å². The maximum Gasteiger partial charge on any atom is 0.305 e. The van der Waals surface area contributed by atoms with Crippen molar-refractivity contribution in [1.82, 2.24) is 9.47 Å². The highest BCUT2D eigenvalue weighted by atomic mass is 19.1. The summed E-state index contributed by atoms with van der Waals surface area (Å²) in [7, 11) is 0. The van der Waals surface area contributed by atoms with Crippen LogP contribution in [0.25, 0.3) is 0 Å². The zero-order valence-electron chi connectivity index (χ0n) is 29.3. The minimum Gasteiger partial charge on any atom is -0.466 e. The molecule has 7 nitrogen and oxygen atoms in total. The number of unbranched alkanes of at least 4 members (excludes halogenated alkanes) is 6. The third kappa shape index (κ3) is 9.27. The second-order valence-corrected chi connectivity index (χ2v) is 14.5. The molecule has 2 aromatic rings. The molecule has 0 N–H and O–H groups in total. The first-order valence-electron chi connectivity index (χ1n) is 17.9. The summed E-state index contributed by atoms with van der Waals surface area (Å²) in [5.41, 5.74) is 2.97. The Morgan fingerprint density at radius 3 is 2.34 bits per heavy atom. The monoisotopic (exact) mass is 650 g/mol. The van der Waals surface area contributed by atoms with Crippen molar-refractivity contribution >= 4 is 23.4 Å². The fourth-order valence-electron chi connectivity index (χ4n) is 7.29. The maximum absolute atomic E-state index is 14.0. The Bertz CT molecular complexity index is 1410. The first-order chi connectivity index (χ1) is 22.4. The van der Waals surface area contributed by atoms with E-state index in [4.69, 9.17) is 4.74 Å². The van der Waals surface area contributed by atoms with Crippen LogP contribution in [0.15, 0.2) is 24.3 Å². The molecular weight excluding hydrogens is 595 g/mol. The molecule has 1 aliphatic carbocycles. The van der Waals surface area contributed by atoms with Crippen molar-refractivity contribution in [3.8, 4) is 0 Å². The molecule has 2 atom stereocenters. The lowest BCUT2D eigenvalue weighted by atomic mass is 9.72. The van der Waals surface area contributed by atoms with E-state index in [9.17, 15) is 23.6 Å². The predicted octanol–water partition coefficient (Wildman–Crippen LogP) is 8.32. The predicted molar refractivity (Wildman–Crippen MR) is 183 cm³/mol.